The fourth-order valence-electron chi connectivity index (χ4n) is 2.59. The van der Waals surface area contributed by atoms with Crippen LogP contribution in [0.15, 0.2) is 47.6 Å². The van der Waals surface area contributed by atoms with Gasteiger partial charge in [-0.3, -0.25) is 9.35 Å². The maximum Gasteiger partial charge on any atom is 0.466 e. The predicted octanol–water partition coefficient (Wildman–Crippen LogP) is 3.57. The van der Waals surface area contributed by atoms with E-state index in [0.717, 1.165) is 0 Å². The van der Waals surface area contributed by atoms with E-state index in [2.05, 4.69) is 9.44 Å². The number of benzene rings is 2. The molecule has 0 bridgehead atoms. The van der Waals surface area contributed by atoms with Gasteiger partial charge in [0, 0.05) is 34.1 Å². The van der Waals surface area contributed by atoms with Crippen molar-refractivity contribution in [2.45, 2.75) is 6.42 Å². The molecule has 3 rings (SSSR count). The number of anilines is 1. The molecule has 1 aliphatic heterocycles. The van der Waals surface area contributed by atoms with Gasteiger partial charge in [-0.1, -0.05) is 28.4 Å². The zero-order valence-electron chi connectivity index (χ0n) is 13.1. The zero-order valence-corrected chi connectivity index (χ0v) is 15.4. The maximum absolute atomic E-state index is 12.8. The van der Waals surface area contributed by atoms with Gasteiger partial charge < -0.3 is 4.90 Å². The summed E-state index contributed by atoms with van der Waals surface area (Å²) in [6.45, 7) is 0.225. The molecular weight excluding hydrogens is 403 g/mol. The Bertz CT molecular complexity index is 990. The molecule has 1 amide bonds. The van der Waals surface area contributed by atoms with Gasteiger partial charge in [0.2, 0.25) is 0 Å². The van der Waals surface area contributed by atoms with Gasteiger partial charge >= 0.3 is 10.4 Å². The van der Waals surface area contributed by atoms with Gasteiger partial charge in [0.15, 0.2) is 0 Å². The fourth-order valence-corrected chi connectivity index (χ4v) is 3.07. The van der Waals surface area contributed by atoms with Crippen molar-refractivity contribution >= 4 is 50.9 Å². The molecule has 0 aliphatic carbocycles. The van der Waals surface area contributed by atoms with Crippen LogP contribution in [0.5, 0.6) is 0 Å². The Morgan fingerprint density at radius 2 is 1.77 bits per heavy atom. The van der Waals surface area contributed by atoms with Crippen LogP contribution in [0.25, 0.3) is 0 Å². The van der Waals surface area contributed by atoms with Crippen molar-refractivity contribution in [3.05, 3.63) is 63.6 Å². The van der Waals surface area contributed by atoms with Gasteiger partial charge in [-0.2, -0.15) is 8.42 Å². The van der Waals surface area contributed by atoms with Gasteiger partial charge in [-0.05, 0) is 42.5 Å². The molecule has 0 atom stereocenters. The van der Waals surface area contributed by atoms with E-state index in [9.17, 15) is 13.2 Å². The maximum atomic E-state index is 12.8. The second-order valence-corrected chi connectivity index (χ2v) is 7.29. The standard InChI is InChI=1S/C16H12Cl2N2O5S/c17-11-3-1-10(2-4-11)16(21)20-8-7-14(19-25-26(22,23)24)13-6-5-12(18)9-15(13)20/h1-6,9H,7-8H2,(H,22,23,24)/b19-14-. The minimum absolute atomic E-state index is 0.225. The summed E-state index contributed by atoms with van der Waals surface area (Å²) < 4.78 is 34.3. The van der Waals surface area contributed by atoms with Crippen LogP contribution in [-0.2, 0) is 14.7 Å². The number of carbonyl (C=O) groups excluding carboxylic acids is 1. The first-order valence-corrected chi connectivity index (χ1v) is 9.47. The number of halogens is 2. The first-order valence-electron chi connectivity index (χ1n) is 7.35. The topological polar surface area (TPSA) is 96.3 Å². The molecular formula is C16H12Cl2N2O5S. The average molecular weight is 415 g/mol. The van der Waals surface area contributed by atoms with E-state index >= 15 is 0 Å². The normalized spacial score (nSPS) is 15.7. The van der Waals surface area contributed by atoms with Crippen molar-refractivity contribution in [2.24, 2.45) is 5.16 Å². The van der Waals surface area contributed by atoms with Gasteiger partial charge in [0.1, 0.15) is 0 Å². The van der Waals surface area contributed by atoms with E-state index < -0.39 is 10.4 Å². The van der Waals surface area contributed by atoms with Crippen LogP contribution in [0.3, 0.4) is 0 Å². The number of rotatable bonds is 3. The summed E-state index contributed by atoms with van der Waals surface area (Å²) in [6.07, 6.45) is 0.226. The number of carbonyl (C=O) groups is 1. The lowest BCUT2D eigenvalue weighted by atomic mass is 9.98. The Balaban J connectivity index is 2.00. The van der Waals surface area contributed by atoms with E-state index in [4.69, 9.17) is 27.8 Å². The molecule has 1 aliphatic rings. The number of hydrogen-bond donors (Lipinski definition) is 1. The molecule has 10 heteroatoms. The van der Waals surface area contributed by atoms with Gasteiger partial charge in [-0.25, -0.2) is 4.28 Å². The molecule has 0 fully saturated rings. The minimum atomic E-state index is -4.72. The second kappa shape index (κ2) is 7.24. The molecule has 1 heterocycles. The molecule has 0 saturated carbocycles. The molecule has 7 nitrogen and oxygen atoms in total. The Hall–Kier alpha value is -2.13. The zero-order chi connectivity index (χ0) is 18.9. The predicted molar refractivity (Wildman–Crippen MR) is 98.4 cm³/mol. The molecule has 0 unspecified atom stereocenters. The molecule has 0 aromatic heterocycles. The highest BCUT2D eigenvalue weighted by molar-refractivity contribution is 7.80. The lowest BCUT2D eigenvalue weighted by molar-refractivity contribution is 0.0987. The molecule has 136 valence electrons. The highest BCUT2D eigenvalue weighted by Gasteiger charge is 2.28. The number of oxime groups is 1. The molecule has 0 saturated heterocycles. The highest BCUT2D eigenvalue weighted by atomic mass is 35.5. The molecule has 0 radical (unpaired) electrons. The van der Waals surface area contributed by atoms with Crippen LogP contribution in [0.4, 0.5) is 5.69 Å². The van der Waals surface area contributed by atoms with Crippen molar-refractivity contribution in [3.8, 4) is 0 Å². The number of hydrogen-bond acceptors (Lipinski definition) is 5. The van der Waals surface area contributed by atoms with Crippen molar-refractivity contribution in [2.75, 3.05) is 11.4 Å². The Kier molecular flexibility index (Phi) is 5.19. The summed E-state index contributed by atoms with van der Waals surface area (Å²) in [4.78, 5) is 14.4. The van der Waals surface area contributed by atoms with Crippen LogP contribution >= 0.6 is 23.2 Å². The first kappa shape index (κ1) is 18.7. The summed E-state index contributed by atoms with van der Waals surface area (Å²) in [6, 6.07) is 11.2. The van der Waals surface area contributed by atoms with Crippen LogP contribution < -0.4 is 4.90 Å². The van der Waals surface area contributed by atoms with E-state index in [-0.39, 0.29) is 24.6 Å². The highest BCUT2D eigenvalue weighted by Crippen LogP contribution is 2.32. The molecule has 26 heavy (non-hydrogen) atoms. The SMILES string of the molecule is O=C(c1ccc(Cl)cc1)N1CC/C(=N/OS(=O)(=O)O)c2ccc(Cl)cc21. The summed E-state index contributed by atoms with van der Waals surface area (Å²) in [5.74, 6) is -0.264. The third kappa shape index (κ3) is 4.16. The molecule has 0 spiro atoms. The average Bonchev–Trinajstić information content (AvgIpc) is 2.58. The summed E-state index contributed by atoms with van der Waals surface area (Å²) in [5, 5.41) is 4.40. The Morgan fingerprint density at radius 1 is 1.12 bits per heavy atom. The summed E-state index contributed by atoms with van der Waals surface area (Å²) in [7, 11) is -4.72. The third-order valence-electron chi connectivity index (χ3n) is 3.71. The van der Waals surface area contributed by atoms with Crippen molar-refractivity contribution in [1.82, 2.24) is 0 Å². The Labute approximate surface area is 159 Å². The monoisotopic (exact) mass is 414 g/mol. The van der Waals surface area contributed by atoms with Crippen LogP contribution in [0.1, 0.15) is 22.3 Å². The smallest absolute Gasteiger partial charge is 0.307 e. The van der Waals surface area contributed by atoms with Gasteiger partial charge in [0.05, 0.1) is 11.4 Å². The van der Waals surface area contributed by atoms with Crippen LogP contribution in [-0.4, -0.2) is 31.1 Å². The summed E-state index contributed by atoms with van der Waals surface area (Å²) in [5.41, 5.74) is 1.65. The number of amides is 1. The second-order valence-electron chi connectivity index (χ2n) is 5.42. The van der Waals surface area contributed by atoms with Gasteiger partial charge in [-0.15, -0.1) is 0 Å². The first-order chi connectivity index (χ1) is 12.2. The van der Waals surface area contributed by atoms with E-state index in [0.29, 0.717) is 26.9 Å². The lowest BCUT2D eigenvalue weighted by Gasteiger charge is -2.30. The summed E-state index contributed by atoms with van der Waals surface area (Å²) >= 11 is 11.9. The van der Waals surface area contributed by atoms with Crippen molar-refractivity contribution in [3.63, 3.8) is 0 Å². The lowest BCUT2D eigenvalue weighted by Crippen LogP contribution is -2.37. The van der Waals surface area contributed by atoms with Crippen molar-refractivity contribution < 1.29 is 22.0 Å². The number of nitrogens with zero attached hydrogens (tertiary/aromatic N) is 2. The van der Waals surface area contributed by atoms with E-state index in [1.54, 1.807) is 42.5 Å². The van der Waals surface area contributed by atoms with Crippen molar-refractivity contribution in [1.29, 1.82) is 0 Å². The van der Waals surface area contributed by atoms with Gasteiger partial charge in [0.25, 0.3) is 5.91 Å². The third-order valence-corrected chi connectivity index (χ3v) is 4.46. The molecule has 2 aromatic carbocycles. The van der Waals surface area contributed by atoms with Crippen LogP contribution in [0.2, 0.25) is 10.0 Å². The quantitative estimate of drug-likeness (QED) is 0.611. The molecule has 2 aromatic rings. The Morgan fingerprint density at radius 3 is 2.42 bits per heavy atom. The van der Waals surface area contributed by atoms with E-state index in [1.807, 2.05) is 0 Å². The fraction of sp³-hybridized carbons (Fsp3) is 0.125. The van der Waals surface area contributed by atoms with E-state index in [1.165, 1.54) is 4.90 Å². The largest absolute Gasteiger partial charge is 0.466 e. The number of fused-ring (bicyclic) bond motifs is 1. The van der Waals surface area contributed by atoms with Crippen LogP contribution in [0, 0.1) is 0 Å². The molecule has 1 N–H and O–H groups in total. The minimum Gasteiger partial charge on any atom is -0.307 e.